The molecule has 1 unspecified atom stereocenters. The van der Waals surface area contributed by atoms with Crippen molar-refractivity contribution in [1.29, 1.82) is 0 Å². The monoisotopic (exact) mass is 455 g/mol. The summed E-state index contributed by atoms with van der Waals surface area (Å²) < 4.78 is 3.09. The molecule has 1 aliphatic carbocycles. The van der Waals surface area contributed by atoms with Crippen molar-refractivity contribution in [3.05, 3.63) is 58.1 Å². The van der Waals surface area contributed by atoms with Crippen molar-refractivity contribution in [3.8, 4) is 0 Å². The summed E-state index contributed by atoms with van der Waals surface area (Å²) in [6, 6.07) is 11.7. The summed E-state index contributed by atoms with van der Waals surface area (Å²) in [6.07, 6.45) is 5.53. The standard InChI is InChI=1S/C24H26ClN3O2S/c1-24(23(30)26-18-8-3-2-4-9-18)15-27-19-10-11-31-21(19)13-20(27)22(29)28(24)14-16-6-5-7-17(25)12-16/h5-7,10-13,18H,2-4,8-9,14-15H2,1H3,(H,26,30). The summed E-state index contributed by atoms with van der Waals surface area (Å²) in [5.74, 6) is -0.187. The molecule has 1 saturated carbocycles. The van der Waals surface area contributed by atoms with Crippen molar-refractivity contribution in [1.82, 2.24) is 14.8 Å². The Balaban J connectivity index is 1.53. The van der Waals surface area contributed by atoms with Gasteiger partial charge in [-0.05, 0) is 55.0 Å². The van der Waals surface area contributed by atoms with E-state index < -0.39 is 5.54 Å². The van der Waals surface area contributed by atoms with Crippen LogP contribution in [0.1, 0.15) is 55.1 Å². The molecule has 5 rings (SSSR count). The Morgan fingerprint density at radius 3 is 2.81 bits per heavy atom. The molecule has 5 nitrogen and oxygen atoms in total. The second kappa shape index (κ2) is 7.99. The number of carbonyl (C=O) groups is 2. The highest BCUT2D eigenvalue weighted by Gasteiger charge is 2.48. The van der Waals surface area contributed by atoms with E-state index in [1.165, 1.54) is 6.42 Å². The van der Waals surface area contributed by atoms with Gasteiger partial charge in [0.2, 0.25) is 5.91 Å². The highest BCUT2D eigenvalue weighted by molar-refractivity contribution is 7.17. The summed E-state index contributed by atoms with van der Waals surface area (Å²) in [6.45, 7) is 2.68. The zero-order chi connectivity index (χ0) is 21.6. The van der Waals surface area contributed by atoms with E-state index in [1.54, 1.807) is 16.2 Å². The van der Waals surface area contributed by atoms with Crippen LogP contribution in [0.3, 0.4) is 0 Å². The second-order valence-electron chi connectivity index (χ2n) is 8.89. The Bertz CT molecular complexity index is 1150. The molecule has 0 saturated heterocycles. The maximum atomic E-state index is 13.7. The van der Waals surface area contributed by atoms with Gasteiger partial charge in [0.1, 0.15) is 11.2 Å². The molecule has 3 aromatic rings. The van der Waals surface area contributed by atoms with Crippen LogP contribution in [0.15, 0.2) is 41.8 Å². The fourth-order valence-electron chi connectivity index (χ4n) is 4.93. The topological polar surface area (TPSA) is 54.3 Å². The molecule has 0 bridgehead atoms. The van der Waals surface area contributed by atoms with Gasteiger partial charge in [-0.15, -0.1) is 11.3 Å². The van der Waals surface area contributed by atoms with Crippen LogP contribution in [0.25, 0.3) is 10.2 Å². The zero-order valence-electron chi connectivity index (χ0n) is 17.6. The molecule has 162 valence electrons. The highest BCUT2D eigenvalue weighted by atomic mass is 35.5. The molecule has 31 heavy (non-hydrogen) atoms. The molecular formula is C24H26ClN3O2S. The highest BCUT2D eigenvalue weighted by Crippen LogP contribution is 2.35. The maximum Gasteiger partial charge on any atom is 0.271 e. The lowest BCUT2D eigenvalue weighted by atomic mass is 9.91. The van der Waals surface area contributed by atoms with Crippen molar-refractivity contribution in [2.75, 3.05) is 0 Å². The van der Waals surface area contributed by atoms with E-state index in [1.807, 2.05) is 53.3 Å². The first-order valence-corrected chi connectivity index (χ1v) is 12.2. The predicted octanol–water partition coefficient (Wildman–Crippen LogP) is 5.22. The molecule has 1 N–H and O–H groups in total. The van der Waals surface area contributed by atoms with Crippen molar-refractivity contribution in [2.45, 2.75) is 63.7 Å². The van der Waals surface area contributed by atoms with E-state index in [4.69, 9.17) is 11.6 Å². The van der Waals surface area contributed by atoms with Gasteiger partial charge in [-0.25, -0.2) is 0 Å². The van der Waals surface area contributed by atoms with Gasteiger partial charge in [0.15, 0.2) is 0 Å². The first-order chi connectivity index (χ1) is 15.0. The molecule has 1 fully saturated rings. The van der Waals surface area contributed by atoms with E-state index in [2.05, 4.69) is 5.32 Å². The number of amides is 2. The first kappa shape index (κ1) is 20.6. The Kier molecular flexibility index (Phi) is 5.30. The number of hydrogen-bond donors (Lipinski definition) is 1. The van der Waals surface area contributed by atoms with E-state index in [-0.39, 0.29) is 17.9 Å². The third kappa shape index (κ3) is 3.66. The number of fused-ring (bicyclic) bond motifs is 3. The van der Waals surface area contributed by atoms with Crippen LogP contribution in [-0.4, -0.2) is 32.9 Å². The Labute approximate surface area is 191 Å². The molecule has 1 aromatic carbocycles. The lowest BCUT2D eigenvalue weighted by molar-refractivity contribution is -0.134. The van der Waals surface area contributed by atoms with Gasteiger partial charge in [0.05, 0.1) is 16.8 Å². The minimum Gasteiger partial charge on any atom is -0.351 e. The SMILES string of the molecule is CC1(C(=O)NC2CCCCC2)Cn2c(cc3sccc32)C(=O)N1Cc1cccc(Cl)c1. The number of benzene rings is 1. The lowest BCUT2D eigenvalue weighted by Gasteiger charge is -2.45. The van der Waals surface area contributed by atoms with Crippen LogP contribution < -0.4 is 5.32 Å². The number of carbonyl (C=O) groups excluding carboxylic acids is 2. The van der Waals surface area contributed by atoms with Gasteiger partial charge in [-0.2, -0.15) is 0 Å². The molecule has 3 heterocycles. The van der Waals surface area contributed by atoms with Crippen molar-refractivity contribution in [3.63, 3.8) is 0 Å². The second-order valence-corrected chi connectivity index (χ2v) is 10.3. The molecule has 7 heteroatoms. The summed E-state index contributed by atoms with van der Waals surface area (Å²) in [5.41, 5.74) is 1.59. The predicted molar refractivity (Wildman–Crippen MR) is 125 cm³/mol. The zero-order valence-corrected chi connectivity index (χ0v) is 19.1. The average molecular weight is 456 g/mol. The number of halogens is 1. The number of thiophene rings is 1. The van der Waals surface area contributed by atoms with Crippen LogP contribution in [0.2, 0.25) is 5.02 Å². The number of aromatic nitrogens is 1. The molecule has 2 aromatic heterocycles. The fourth-order valence-corrected chi connectivity index (χ4v) is 5.96. The third-order valence-corrected chi connectivity index (χ3v) is 7.80. The smallest absolute Gasteiger partial charge is 0.271 e. The molecule has 1 atom stereocenters. The molecule has 0 radical (unpaired) electrons. The summed E-state index contributed by atoms with van der Waals surface area (Å²) in [7, 11) is 0. The quantitative estimate of drug-likeness (QED) is 0.586. The molecule has 1 aliphatic heterocycles. The molecule has 2 amide bonds. The van der Waals surface area contributed by atoms with Gasteiger partial charge < -0.3 is 14.8 Å². The minimum absolute atomic E-state index is 0.0718. The number of rotatable bonds is 4. The van der Waals surface area contributed by atoms with Crippen LogP contribution in [0, 0.1) is 0 Å². The van der Waals surface area contributed by atoms with Gasteiger partial charge >= 0.3 is 0 Å². The van der Waals surface area contributed by atoms with E-state index in [0.717, 1.165) is 41.5 Å². The largest absolute Gasteiger partial charge is 0.351 e. The van der Waals surface area contributed by atoms with Gasteiger partial charge in [-0.3, -0.25) is 9.59 Å². The normalized spacial score (nSPS) is 22.0. The Hall–Kier alpha value is -2.31. The molecular weight excluding hydrogens is 430 g/mol. The maximum absolute atomic E-state index is 13.7. The number of nitrogens with zero attached hydrogens (tertiary/aromatic N) is 2. The van der Waals surface area contributed by atoms with Crippen LogP contribution in [0.5, 0.6) is 0 Å². The fraction of sp³-hybridized carbons (Fsp3) is 0.417. The first-order valence-electron chi connectivity index (χ1n) is 10.9. The van der Waals surface area contributed by atoms with Crippen molar-refractivity contribution >= 4 is 45.0 Å². The minimum atomic E-state index is -0.988. The Morgan fingerprint density at radius 2 is 2.03 bits per heavy atom. The van der Waals surface area contributed by atoms with Gasteiger partial charge in [-0.1, -0.05) is 43.0 Å². The number of hydrogen-bond acceptors (Lipinski definition) is 3. The molecule has 2 aliphatic rings. The van der Waals surface area contributed by atoms with E-state index in [9.17, 15) is 9.59 Å². The summed E-state index contributed by atoms with van der Waals surface area (Å²) in [5, 5.41) is 5.92. The number of nitrogens with one attached hydrogen (secondary N) is 1. The Morgan fingerprint density at radius 1 is 1.23 bits per heavy atom. The molecule has 0 spiro atoms. The third-order valence-electron chi connectivity index (χ3n) is 6.71. The lowest BCUT2D eigenvalue weighted by Crippen LogP contribution is -2.64. The van der Waals surface area contributed by atoms with E-state index in [0.29, 0.717) is 23.8 Å². The van der Waals surface area contributed by atoms with Crippen LogP contribution in [-0.2, 0) is 17.9 Å². The van der Waals surface area contributed by atoms with Crippen molar-refractivity contribution in [2.24, 2.45) is 0 Å². The average Bonchev–Trinajstić information content (AvgIpc) is 3.34. The van der Waals surface area contributed by atoms with Crippen LogP contribution >= 0.6 is 22.9 Å². The van der Waals surface area contributed by atoms with E-state index >= 15 is 0 Å². The summed E-state index contributed by atoms with van der Waals surface area (Å²) in [4.78, 5) is 29.1. The summed E-state index contributed by atoms with van der Waals surface area (Å²) >= 11 is 7.81. The van der Waals surface area contributed by atoms with Crippen molar-refractivity contribution < 1.29 is 9.59 Å². The van der Waals surface area contributed by atoms with Crippen LogP contribution in [0.4, 0.5) is 0 Å². The van der Waals surface area contributed by atoms with Gasteiger partial charge in [0, 0.05) is 17.6 Å². The van der Waals surface area contributed by atoms with Gasteiger partial charge in [0.25, 0.3) is 5.91 Å².